The van der Waals surface area contributed by atoms with E-state index in [0.29, 0.717) is 0 Å². The van der Waals surface area contributed by atoms with Gasteiger partial charge in [-0.25, -0.2) is 9.67 Å². The number of hydrogen-bond acceptors (Lipinski definition) is 3. The molecular formula is C15H14BrN3O. The van der Waals surface area contributed by atoms with Gasteiger partial charge in [-0.3, -0.25) is 0 Å². The largest absolute Gasteiger partial charge is 0.497 e. The van der Waals surface area contributed by atoms with E-state index in [1.54, 1.807) is 13.3 Å². The highest BCUT2D eigenvalue weighted by molar-refractivity contribution is 9.10. The van der Waals surface area contributed by atoms with Gasteiger partial charge >= 0.3 is 0 Å². The summed E-state index contributed by atoms with van der Waals surface area (Å²) in [5, 5.41) is 6.68. The lowest BCUT2D eigenvalue weighted by molar-refractivity contribution is 0.415. The number of fused-ring (bicyclic) bond motifs is 1. The van der Waals surface area contributed by atoms with Crippen LogP contribution in [0.4, 0.5) is 0 Å². The van der Waals surface area contributed by atoms with E-state index in [4.69, 9.17) is 4.74 Å². The Morgan fingerprint density at radius 1 is 1.20 bits per heavy atom. The van der Waals surface area contributed by atoms with Crippen molar-refractivity contribution in [3.8, 4) is 11.6 Å². The number of ether oxygens (including phenoxy) is 1. The molecule has 0 atom stereocenters. The lowest BCUT2D eigenvalue weighted by atomic mass is 10.1. The molecule has 3 rings (SSSR count). The smallest absolute Gasteiger partial charge is 0.161 e. The van der Waals surface area contributed by atoms with E-state index in [-0.39, 0.29) is 0 Å². The van der Waals surface area contributed by atoms with Gasteiger partial charge < -0.3 is 4.74 Å². The van der Waals surface area contributed by atoms with Crippen LogP contribution in [0.2, 0.25) is 0 Å². The predicted octanol–water partition coefficient (Wildman–Crippen LogP) is 3.81. The van der Waals surface area contributed by atoms with Crippen LogP contribution < -0.4 is 4.74 Å². The van der Waals surface area contributed by atoms with Crippen LogP contribution in [-0.4, -0.2) is 21.9 Å². The maximum Gasteiger partial charge on any atom is 0.161 e. The molecule has 0 saturated heterocycles. The number of pyridine rings is 1. The van der Waals surface area contributed by atoms with Crippen LogP contribution in [0.15, 0.2) is 34.9 Å². The maximum absolute atomic E-state index is 5.26. The zero-order valence-corrected chi connectivity index (χ0v) is 13.1. The number of aryl methyl sites for hydroxylation is 1. The van der Waals surface area contributed by atoms with Gasteiger partial charge in [0.2, 0.25) is 0 Å². The van der Waals surface area contributed by atoms with Crippen LogP contribution >= 0.6 is 15.9 Å². The SMILES string of the molecule is COc1ccc2c(-n3nc(C)c(Br)c3C)nccc2c1. The summed E-state index contributed by atoms with van der Waals surface area (Å²) in [5.74, 6) is 1.67. The zero-order chi connectivity index (χ0) is 14.3. The van der Waals surface area contributed by atoms with Crippen LogP contribution in [0.1, 0.15) is 11.4 Å². The minimum Gasteiger partial charge on any atom is -0.497 e. The molecule has 102 valence electrons. The predicted molar refractivity (Wildman–Crippen MR) is 82.6 cm³/mol. The van der Waals surface area contributed by atoms with E-state index in [1.165, 1.54) is 0 Å². The Morgan fingerprint density at radius 2 is 2.00 bits per heavy atom. The second-order valence-electron chi connectivity index (χ2n) is 4.62. The average molecular weight is 332 g/mol. The van der Waals surface area contributed by atoms with Gasteiger partial charge in [-0.05, 0) is 59.4 Å². The highest BCUT2D eigenvalue weighted by Crippen LogP contribution is 2.28. The number of benzene rings is 1. The Morgan fingerprint density at radius 3 is 2.65 bits per heavy atom. The molecule has 5 heteroatoms. The molecule has 2 aromatic heterocycles. The molecule has 20 heavy (non-hydrogen) atoms. The molecule has 0 aliphatic rings. The Kier molecular flexibility index (Phi) is 3.22. The third kappa shape index (κ3) is 1.98. The standard InChI is InChI=1S/C15H14BrN3O/c1-9-14(16)10(2)19(18-9)15-13-5-4-12(20-3)8-11(13)6-7-17-15/h4-8H,1-3H3. The van der Waals surface area contributed by atoms with Crippen molar-refractivity contribution in [1.29, 1.82) is 0 Å². The van der Waals surface area contributed by atoms with Gasteiger partial charge in [0.15, 0.2) is 5.82 Å². The molecule has 0 aliphatic carbocycles. The van der Waals surface area contributed by atoms with Crippen molar-refractivity contribution in [1.82, 2.24) is 14.8 Å². The molecule has 0 radical (unpaired) electrons. The molecule has 4 nitrogen and oxygen atoms in total. The summed E-state index contributed by atoms with van der Waals surface area (Å²) in [4.78, 5) is 4.49. The van der Waals surface area contributed by atoms with Crippen molar-refractivity contribution >= 4 is 26.7 Å². The molecule has 0 N–H and O–H groups in total. The number of halogens is 1. The fraction of sp³-hybridized carbons (Fsp3) is 0.200. The van der Waals surface area contributed by atoms with Crippen molar-refractivity contribution in [2.24, 2.45) is 0 Å². The normalized spacial score (nSPS) is 11.0. The first-order valence-corrected chi connectivity index (χ1v) is 7.06. The first kappa shape index (κ1) is 13.1. The van der Waals surface area contributed by atoms with Crippen LogP contribution in [-0.2, 0) is 0 Å². The average Bonchev–Trinajstić information content (AvgIpc) is 2.73. The van der Waals surface area contributed by atoms with Gasteiger partial charge in [-0.1, -0.05) is 0 Å². The van der Waals surface area contributed by atoms with E-state index >= 15 is 0 Å². The Labute approximate surface area is 125 Å². The molecule has 0 saturated carbocycles. The van der Waals surface area contributed by atoms with Crippen LogP contribution in [0, 0.1) is 13.8 Å². The number of aromatic nitrogens is 3. The van der Waals surface area contributed by atoms with Crippen molar-refractivity contribution < 1.29 is 4.74 Å². The molecule has 0 aliphatic heterocycles. The Balaban J connectivity index is 2.28. The van der Waals surface area contributed by atoms with E-state index in [0.717, 1.165) is 38.2 Å². The monoisotopic (exact) mass is 331 g/mol. The van der Waals surface area contributed by atoms with Crippen LogP contribution in [0.5, 0.6) is 5.75 Å². The Bertz CT molecular complexity index is 795. The summed E-state index contributed by atoms with van der Waals surface area (Å²) in [6.07, 6.45) is 1.79. The number of hydrogen-bond donors (Lipinski definition) is 0. The molecule has 2 heterocycles. The van der Waals surface area contributed by atoms with Gasteiger partial charge in [-0.15, -0.1) is 0 Å². The van der Waals surface area contributed by atoms with Crippen LogP contribution in [0.25, 0.3) is 16.6 Å². The Hall–Kier alpha value is -1.88. The van der Waals surface area contributed by atoms with Gasteiger partial charge in [0, 0.05) is 11.6 Å². The summed E-state index contributed by atoms with van der Waals surface area (Å²) in [5.41, 5.74) is 1.99. The second-order valence-corrected chi connectivity index (χ2v) is 5.41. The molecule has 0 fully saturated rings. The van der Waals surface area contributed by atoms with Gasteiger partial charge in [0.05, 0.1) is 23.0 Å². The van der Waals surface area contributed by atoms with E-state index in [9.17, 15) is 0 Å². The minimum atomic E-state index is 0.830. The quantitative estimate of drug-likeness (QED) is 0.716. The number of methoxy groups -OCH3 is 1. The first-order valence-electron chi connectivity index (χ1n) is 6.26. The summed E-state index contributed by atoms with van der Waals surface area (Å²) < 4.78 is 8.15. The molecule has 0 bridgehead atoms. The molecule has 1 aromatic carbocycles. The lowest BCUT2D eigenvalue weighted by Crippen LogP contribution is -2.02. The topological polar surface area (TPSA) is 39.9 Å². The number of rotatable bonds is 2. The van der Waals surface area contributed by atoms with E-state index in [2.05, 4.69) is 26.0 Å². The molecular weight excluding hydrogens is 318 g/mol. The van der Waals surface area contributed by atoms with E-state index < -0.39 is 0 Å². The highest BCUT2D eigenvalue weighted by atomic mass is 79.9. The fourth-order valence-electron chi connectivity index (χ4n) is 2.27. The van der Waals surface area contributed by atoms with Crippen molar-refractivity contribution in [2.75, 3.05) is 7.11 Å². The molecule has 0 spiro atoms. The van der Waals surface area contributed by atoms with Gasteiger partial charge in [0.1, 0.15) is 5.75 Å². The fourth-order valence-corrected chi connectivity index (χ4v) is 2.51. The van der Waals surface area contributed by atoms with Gasteiger partial charge in [0.25, 0.3) is 0 Å². The van der Waals surface area contributed by atoms with Crippen LogP contribution in [0.3, 0.4) is 0 Å². The molecule has 3 aromatic rings. The highest BCUT2D eigenvalue weighted by Gasteiger charge is 2.13. The summed E-state index contributed by atoms with van der Waals surface area (Å²) in [7, 11) is 1.67. The van der Waals surface area contributed by atoms with Crippen molar-refractivity contribution in [3.63, 3.8) is 0 Å². The van der Waals surface area contributed by atoms with Crippen molar-refractivity contribution in [2.45, 2.75) is 13.8 Å². The lowest BCUT2D eigenvalue weighted by Gasteiger charge is -2.08. The van der Waals surface area contributed by atoms with Crippen molar-refractivity contribution in [3.05, 3.63) is 46.3 Å². The summed E-state index contributed by atoms with van der Waals surface area (Å²) in [6, 6.07) is 7.93. The second kappa shape index (κ2) is 4.90. The summed E-state index contributed by atoms with van der Waals surface area (Å²) >= 11 is 3.55. The third-order valence-electron chi connectivity index (χ3n) is 3.35. The molecule has 0 amide bonds. The van der Waals surface area contributed by atoms with Gasteiger partial charge in [-0.2, -0.15) is 5.10 Å². The molecule has 0 unspecified atom stereocenters. The third-order valence-corrected chi connectivity index (χ3v) is 4.50. The maximum atomic E-state index is 5.26. The first-order chi connectivity index (χ1) is 9.61. The summed E-state index contributed by atoms with van der Waals surface area (Å²) in [6.45, 7) is 4.00. The van der Waals surface area contributed by atoms with E-state index in [1.807, 2.05) is 42.8 Å². The number of nitrogens with zero attached hydrogens (tertiary/aromatic N) is 3. The zero-order valence-electron chi connectivity index (χ0n) is 11.5. The minimum absolute atomic E-state index is 0.830.